The van der Waals surface area contributed by atoms with Crippen LogP contribution in [0.4, 0.5) is 5.82 Å². The number of nitrogens with zero attached hydrogens (tertiary/aromatic N) is 5. The third-order valence-electron chi connectivity index (χ3n) is 5.67. The van der Waals surface area contributed by atoms with Crippen molar-refractivity contribution in [3.63, 3.8) is 0 Å². The maximum atomic E-state index is 12.8. The predicted molar refractivity (Wildman–Crippen MR) is 124 cm³/mol. The van der Waals surface area contributed by atoms with Gasteiger partial charge in [-0.15, -0.1) is 0 Å². The molecule has 33 heavy (non-hydrogen) atoms. The van der Waals surface area contributed by atoms with Crippen LogP contribution in [-0.4, -0.2) is 77.0 Å². The second kappa shape index (κ2) is 9.44. The van der Waals surface area contributed by atoms with Gasteiger partial charge >= 0.3 is 0 Å². The van der Waals surface area contributed by atoms with Gasteiger partial charge in [0.05, 0.1) is 31.3 Å². The van der Waals surface area contributed by atoms with Crippen LogP contribution in [0.3, 0.4) is 0 Å². The summed E-state index contributed by atoms with van der Waals surface area (Å²) in [6.45, 7) is 5.61. The first-order chi connectivity index (χ1) is 16.1. The van der Waals surface area contributed by atoms with E-state index in [1.54, 1.807) is 16.9 Å². The Morgan fingerprint density at radius 1 is 1.18 bits per heavy atom. The first-order valence-corrected chi connectivity index (χ1v) is 12.2. The Hall–Kier alpha value is -3.05. The molecule has 0 spiro atoms. The summed E-state index contributed by atoms with van der Waals surface area (Å²) < 4.78 is 19.0. The zero-order chi connectivity index (χ0) is 22.8. The van der Waals surface area contributed by atoms with Crippen molar-refractivity contribution in [2.24, 2.45) is 0 Å². The molecule has 0 bridgehead atoms. The molecule has 2 unspecified atom stereocenters. The topological polar surface area (TPSA) is 104 Å². The summed E-state index contributed by atoms with van der Waals surface area (Å²) in [6.07, 6.45) is 2.64. The minimum absolute atomic E-state index is 0.220. The fourth-order valence-corrected chi connectivity index (χ4v) is 4.34. The maximum Gasteiger partial charge on any atom is 0.265 e. The number of nitrogens with one attached hydrogen (secondary N) is 1. The van der Waals surface area contributed by atoms with Gasteiger partial charge in [-0.25, -0.2) is 14.6 Å². The molecule has 1 fully saturated rings. The number of carbonyl (C=O) groups is 1. The van der Waals surface area contributed by atoms with Gasteiger partial charge in [0.2, 0.25) is 6.10 Å². The summed E-state index contributed by atoms with van der Waals surface area (Å²) in [6, 6.07) is 7.36. The monoisotopic (exact) mass is 470 g/mol. The van der Waals surface area contributed by atoms with Crippen molar-refractivity contribution < 1.29 is 19.0 Å². The number of rotatable bonds is 6. The van der Waals surface area contributed by atoms with Gasteiger partial charge in [-0.3, -0.25) is 4.79 Å². The van der Waals surface area contributed by atoms with E-state index in [2.05, 4.69) is 20.3 Å². The highest BCUT2D eigenvalue weighted by Crippen LogP contribution is 2.33. The van der Waals surface area contributed by atoms with Crippen molar-refractivity contribution >= 4 is 34.5 Å². The number of para-hydroxylation sites is 2. The normalized spacial score (nSPS) is 20.1. The van der Waals surface area contributed by atoms with E-state index in [1.807, 2.05) is 31.4 Å². The van der Waals surface area contributed by atoms with E-state index in [9.17, 15) is 4.79 Å². The average Bonchev–Trinajstić information content (AvgIpc) is 3.26. The van der Waals surface area contributed by atoms with Crippen LogP contribution in [0.25, 0.3) is 11.0 Å². The van der Waals surface area contributed by atoms with Gasteiger partial charge in [-0.2, -0.15) is 5.10 Å². The average molecular weight is 471 g/mol. The molecule has 2 aromatic heterocycles. The van der Waals surface area contributed by atoms with E-state index >= 15 is 0 Å². The van der Waals surface area contributed by atoms with Crippen molar-refractivity contribution in [2.45, 2.75) is 30.8 Å². The lowest BCUT2D eigenvalue weighted by Crippen LogP contribution is -2.49. The van der Waals surface area contributed by atoms with E-state index in [0.717, 1.165) is 29.9 Å². The van der Waals surface area contributed by atoms with Gasteiger partial charge in [-0.1, -0.05) is 23.9 Å². The number of aromatic nitrogens is 4. The SMILES string of the molecule is CSc1nc(N2CCOCC2)c2cnn(CCNC(=O)C3Oc4ccccc4OC3C)c2n1. The minimum Gasteiger partial charge on any atom is -0.482 e. The Labute approximate surface area is 195 Å². The number of thioether (sulfide) groups is 1. The molecule has 1 saturated heterocycles. The van der Waals surface area contributed by atoms with Gasteiger partial charge in [0.15, 0.2) is 22.3 Å². The van der Waals surface area contributed by atoms with Crippen molar-refractivity contribution in [1.82, 2.24) is 25.1 Å². The maximum absolute atomic E-state index is 12.8. The summed E-state index contributed by atoms with van der Waals surface area (Å²) in [5.74, 6) is 1.88. The number of hydrogen-bond acceptors (Lipinski definition) is 9. The number of fused-ring (bicyclic) bond motifs is 2. The van der Waals surface area contributed by atoms with Crippen LogP contribution in [-0.2, 0) is 16.1 Å². The van der Waals surface area contributed by atoms with Gasteiger partial charge in [-0.05, 0) is 25.3 Å². The van der Waals surface area contributed by atoms with Crippen molar-refractivity contribution in [3.8, 4) is 11.5 Å². The Morgan fingerprint density at radius 3 is 2.70 bits per heavy atom. The van der Waals surface area contributed by atoms with E-state index in [0.29, 0.717) is 43.0 Å². The molecule has 2 aliphatic heterocycles. The van der Waals surface area contributed by atoms with Crippen LogP contribution in [0.2, 0.25) is 0 Å². The first-order valence-electron chi connectivity index (χ1n) is 10.9. The molecular weight excluding hydrogens is 444 g/mol. The van der Waals surface area contributed by atoms with Gasteiger partial charge in [0.25, 0.3) is 5.91 Å². The zero-order valence-electron chi connectivity index (χ0n) is 18.6. The van der Waals surface area contributed by atoms with Crippen molar-refractivity contribution in [2.75, 3.05) is 44.0 Å². The van der Waals surface area contributed by atoms with Crippen LogP contribution >= 0.6 is 11.8 Å². The molecule has 1 aromatic carbocycles. The summed E-state index contributed by atoms with van der Waals surface area (Å²) >= 11 is 1.49. The summed E-state index contributed by atoms with van der Waals surface area (Å²) in [7, 11) is 0. The van der Waals surface area contributed by atoms with Crippen LogP contribution in [0, 0.1) is 0 Å². The fourth-order valence-electron chi connectivity index (χ4n) is 3.98. The van der Waals surface area contributed by atoms with Crippen LogP contribution in [0.5, 0.6) is 11.5 Å². The number of amides is 1. The van der Waals surface area contributed by atoms with E-state index in [4.69, 9.17) is 19.2 Å². The smallest absolute Gasteiger partial charge is 0.265 e. The summed E-state index contributed by atoms with van der Waals surface area (Å²) in [5.41, 5.74) is 0.754. The standard InChI is InChI=1S/C22H26N6O4S/c1-14-18(32-17-6-4-3-5-16(17)31-14)21(29)23-7-8-28-20-15(13-24-28)19(25-22(26-20)33-2)27-9-11-30-12-10-27/h3-6,13-14,18H,7-12H2,1-2H3,(H,23,29). The van der Waals surface area contributed by atoms with E-state index in [-0.39, 0.29) is 5.91 Å². The molecule has 3 aromatic rings. The number of hydrogen-bond donors (Lipinski definition) is 1. The molecule has 2 aliphatic rings. The molecule has 11 heteroatoms. The second-order valence-corrected chi connectivity index (χ2v) is 8.61. The third-order valence-corrected chi connectivity index (χ3v) is 6.22. The molecule has 0 radical (unpaired) electrons. The molecule has 174 valence electrons. The molecule has 5 rings (SSSR count). The number of morpholine rings is 1. The number of carbonyl (C=O) groups excluding carboxylic acids is 1. The van der Waals surface area contributed by atoms with Gasteiger partial charge in [0, 0.05) is 19.6 Å². The van der Waals surface area contributed by atoms with Crippen LogP contribution in [0.15, 0.2) is 35.6 Å². The first kappa shape index (κ1) is 21.8. The Morgan fingerprint density at radius 2 is 1.94 bits per heavy atom. The fraction of sp³-hybridized carbons (Fsp3) is 0.455. The quantitative estimate of drug-likeness (QED) is 0.426. The Kier molecular flexibility index (Phi) is 6.23. The molecule has 0 saturated carbocycles. The van der Waals surface area contributed by atoms with E-state index in [1.165, 1.54) is 11.8 Å². The largest absolute Gasteiger partial charge is 0.482 e. The van der Waals surface area contributed by atoms with Crippen molar-refractivity contribution in [1.29, 1.82) is 0 Å². The highest BCUT2D eigenvalue weighted by atomic mass is 32.2. The highest BCUT2D eigenvalue weighted by molar-refractivity contribution is 7.98. The zero-order valence-corrected chi connectivity index (χ0v) is 19.4. The number of ether oxygens (including phenoxy) is 3. The highest BCUT2D eigenvalue weighted by Gasteiger charge is 2.33. The second-order valence-electron chi connectivity index (χ2n) is 7.84. The summed E-state index contributed by atoms with van der Waals surface area (Å²) in [5, 5.41) is 9.05. The molecule has 4 heterocycles. The van der Waals surface area contributed by atoms with Gasteiger partial charge in [0.1, 0.15) is 11.9 Å². The van der Waals surface area contributed by atoms with E-state index < -0.39 is 12.2 Å². The predicted octanol–water partition coefficient (Wildman–Crippen LogP) is 1.73. The number of benzene rings is 1. The Bertz CT molecular complexity index is 1150. The van der Waals surface area contributed by atoms with Crippen LogP contribution in [0.1, 0.15) is 6.92 Å². The summed E-state index contributed by atoms with van der Waals surface area (Å²) in [4.78, 5) is 24.4. The molecular formula is C22H26N6O4S. The molecule has 0 aliphatic carbocycles. The van der Waals surface area contributed by atoms with Crippen molar-refractivity contribution in [3.05, 3.63) is 30.5 Å². The van der Waals surface area contributed by atoms with Crippen LogP contribution < -0.4 is 19.7 Å². The molecule has 1 amide bonds. The molecule has 2 atom stereocenters. The lowest BCUT2D eigenvalue weighted by molar-refractivity contribution is -0.133. The third kappa shape index (κ3) is 4.42. The lowest BCUT2D eigenvalue weighted by atomic mass is 10.1. The van der Waals surface area contributed by atoms with Gasteiger partial charge < -0.3 is 24.4 Å². The minimum atomic E-state index is -0.715. The number of anilines is 1. The Balaban J connectivity index is 1.28. The molecule has 1 N–H and O–H groups in total. The lowest BCUT2D eigenvalue weighted by Gasteiger charge is -2.31. The molecule has 10 nitrogen and oxygen atoms in total.